The summed E-state index contributed by atoms with van der Waals surface area (Å²) >= 11 is 6.13. The van der Waals surface area contributed by atoms with E-state index in [1.165, 1.54) is 0 Å². The molecule has 3 nitrogen and oxygen atoms in total. The van der Waals surface area contributed by atoms with E-state index in [1.54, 1.807) is 14.0 Å². The highest BCUT2D eigenvalue weighted by molar-refractivity contribution is 6.31. The third-order valence-corrected chi connectivity index (χ3v) is 3.42. The topological polar surface area (TPSA) is 41.5 Å². The van der Waals surface area contributed by atoms with Crippen LogP contribution in [0.4, 0.5) is 0 Å². The minimum absolute atomic E-state index is 0.371. The fourth-order valence-corrected chi connectivity index (χ4v) is 1.60. The van der Waals surface area contributed by atoms with E-state index in [1.807, 2.05) is 32.0 Å². The molecule has 1 aromatic carbocycles. The van der Waals surface area contributed by atoms with Gasteiger partial charge in [-0.05, 0) is 32.9 Å². The van der Waals surface area contributed by atoms with Crippen molar-refractivity contribution in [2.45, 2.75) is 39.0 Å². The van der Waals surface area contributed by atoms with Gasteiger partial charge in [-0.1, -0.05) is 17.7 Å². The van der Waals surface area contributed by atoms with E-state index in [-0.39, 0.29) is 5.54 Å². The third kappa shape index (κ3) is 3.60. The maximum Gasteiger partial charge on any atom is 0.124 e. The van der Waals surface area contributed by atoms with Crippen LogP contribution in [0.2, 0.25) is 5.02 Å². The molecule has 0 aliphatic rings. The zero-order chi connectivity index (χ0) is 13.1. The van der Waals surface area contributed by atoms with Crippen LogP contribution in [0.25, 0.3) is 0 Å². The molecule has 0 saturated carbocycles. The molecule has 1 aromatic rings. The van der Waals surface area contributed by atoms with E-state index in [9.17, 15) is 5.11 Å². The molecule has 0 fully saturated rings. The molecule has 1 atom stereocenters. The molecular formula is C13H20ClNO2. The zero-order valence-corrected chi connectivity index (χ0v) is 11.5. The zero-order valence-electron chi connectivity index (χ0n) is 10.7. The Kier molecular flexibility index (Phi) is 4.80. The van der Waals surface area contributed by atoms with Gasteiger partial charge in [-0.25, -0.2) is 0 Å². The van der Waals surface area contributed by atoms with Crippen molar-refractivity contribution in [3.05, 3.63) is 28.8 Å². The first-order valence-corrected chi connectivity index (χ1v) is 6.00. The number of benzene rings is 1. The van der Waals surface area contributed by atoms with Gasteiger partial charge >= 0.3 is 0 Å². The summed E-state index contributed by atoms with van der Waals surface area (Å²) in [5, 5.41) is 13.6. The van der Waals surface area contributed by atoms with Gasteiger partial charge in [0.25, 0.3) is 0 Å². The first kappa shape index (κ1) is 14.3. The van der Waals surface area contributed by atoms with Crippen LogP contribution in [-0.4, -0.2) is 23.9 Å². The molecule has 17 heavy (non-hydrogen) atoms. The Morgan fingerprint density at radius 3 is 2.65 bits per heavy atom. The molecule has 0 aromatic heterocycles. The van der Waals surface area contributed by atoms with Crippen molar-refractivity contribution in [3.8, 4) is 5.75 Å². The highest BCUT2D eigenvalue weighted by atomic mass is 35.5. The number of rotatable bonds is 5. The van der Waals surface area contributed by atoms with Gasteiger partial charge in [0, 0.05) is 22.7 Å². The molecule has 0 bridgehead atoms. The maximum atomic E-state index is 9.63. The molecule has 0 heterocycles. The van der Waals surface area contributed by atoms with E-state index in [2.05, 4.69) is 5.32 Å². The van der Waals surface area contributed by atoms with Crippen molar-refractivity contribution in [2.24, 2.45) is 0 Å². The highest BCUT2D eigenvalue weighted by Crippen LogP contribution is 2.26. The monoisotopic (exact) mass is 257 g/mol. The first-order chi connectivity index (χ1) is 7.88. The molecule has 0 aliphatic heterocycles. The van der Waals surface area contributed by atoms with Gasteiger partial charge in [-0.2, -0.15) is 0 Å². The fraction of sp³-hybridized carbons (Fsp3) is 0.538. The molecule has 0 aliphatic carbocycles. The lowest BCUT2D eigenvalue weighted by molar-refractivity contribution is 0.0955. The van der Waals surface area contributed by atoms with E-state index < -0.39 is 6.10 Å². The van der Waals surface area contributed by atoms with Crippen molar-refractivity contribution in [2.75, 3.05) is 7.11 Å². The highest BCUT2D eigenvalue weighted by Gasteiger charge is 2.23. The Morgan fingerprint density at radius 1 is 1.47 bits per heavy atom. The number of ether oxygens (including phenoxy) is 1. The lowest BCUT2D eigenvalue weighted by atomic mass is 9.98. The summed E-state index contributed by atoms with van der Waals surface area (Å²) in [6, 6.07) is 5.55. The summed E-state index contributed by atoms with van der Waals surface area (Å²) in [5.74, 6) is 0.756. The van der Waals surface area contributed by atoms with Crippen LogP contribution in [0.15, 0.2) is 18.2 Å². The summed E-state index contributed by atoms with van der Waals surface area (Å²) in [5.41, 5.74) is 0.537. The van der Waals surface area contributed by atoms with Crippen LogP contribution in [0.1, 0.15) is 26.3 Å². The standard InChI is InChI=1S/C13H20ClNO2/c1-9(16)13(2,3)15-8-10-11(14)6-5-7-12(10)17-4/h5-7,9,15-16H,8H2,1-4H3. The van der Waals surface area contributed by atoms with Crippen molar-refractivity contribution in [1.29, 1.82) is 0 Å². The summed E-state index contributed by atoms with van der Waals surface area (Å²) in [4.78, 5) is 0. The van der Waals surface area contributed by atoms with Crippen molar-refractivity contribution < 1.29 is 9.84 Å². The van der Waals surface area contributed by atoms with Crippen molar-refractivity contribution in [1.82, 2.24) is 5.32 Å². The van der Waals surface area contributed by atoms with Crippen LogP contribution in [0.3, 0.4) is 0 Å². The van der Waals surface area contributed by atoms with Gasteiger partial charge in [0.05, 0.1) is 13.2 Å². The number of halogens is 1. The molecular weight excluding hydrogens is 238 g/mol. The lowest BCUT2D eigenvalue weighted by Crippen LogP contribution is -2.47. The largest absolute Gasteiger partial charge is 0.496 e. The van der Waals surface area contributed by atoms with Crippen LogP contribution >= 0.6 is 11.6 Å². The lowest BCUT2D eigenvalue weighted by Gasteiger charge is -2.30. The molecule has 1 unspecified atom stereocenters. The van der Waals surface area contributed by atoms with Crippen LogP contribution < -0.4 is 10.1 Å². The minimum Gasteiger partial charge on any atom is -0.496 e. The van der Waals surface area contributed by atoms with E-state index in [0.717, 1.165) is 11.3 Å². The van der Waals surface area contributed by atoms with Gasteiger partial charge in [0.15, 0.2) is 0 Å². The molecule has 4 heteroatoms. The Labute approximate surface area is 108 Å². The predicted molar refractivity (Wildman–Crippen MR) is 70.6 cm³/mol. The quantitative estimate of drug-likeness (QED) is 0.852. The summed E-state index contributed by atoms with van der Waals surface area (Å²) in [7, 11) is 1.62. The Hall–Kier alpha value is -0.770. The first-order valence-electron chi connectivity index (χ1n) is 5.63. The normalized spacial score (nSPS) is 13.5. The van der Waals surface area contributed by atoms with Gasteiger partial charge < -0.3 is 15.2 Å². The number of nitrogens with one attached hydrogen (secondary N) is 1. The number of aliphatic hydroxyl groups excluding tert-OH is 1. The minimum atomic E-state index is -0.448. The fourth-order valence-electron chi connectivity index (χ4n) is 1.37. The van der Waals surface area contributed by atoms with Gasteiger partial charge in [-0.15, -0.1) is 0 Å². The van der Waals surface area contributed by atoms with Crippen LogP contribution in [0, 0.1) is 0 Å². The maximum absolute atomic E-state index is 9.63. The second kappa shape index (κ2) is 5.71. The number of aliphatic hydroxyl groups is 1. The number of methoxy groups -OCH3 is 1. The smallest absolute Gasteiger partial charge is 0.124 e. The van der Waals surface area contributed by atoms with E-state index in [0.29, 0.717) is 11.6 Å². The Morgan fingerprint density at radius 2 is 2.12 bits per heavy atom. The van der Waals surface area contributed by atoms with Gasteiger partial charge in [0.1, 0.15) is 5.75 Å². The second-order valence-electron chi connectivity index (χ2n) is 4.67. The third-order valence-electron chi connectivity index (χ3n) is 3.06. The molecule has 0 spiro atoms. The van der Waals surface area contributed by atoms with E-state index in [4.69, 9.17) is 16.3 Å². The molecule has 0 radical (unpaired) electrons. The molecule has 0 saturated heterocycles. The van der Waals surface area contributed by atoms with Crippen LogP contribution in [-0.2, 0) is 6.54 Å². The summed E-state index contributed by atoms with van der Waals surface area (Å²) in [6.07, 6.45) is -0.448. The SMILES string of the molecule is COc1cccc(Cl)c1CNC(C)(C)C(C)O. The Bertz CT molecular complexity index is 378. The number of hydrogen-bond acceptors (Lipinski definition) is 3. The summed E-state index contributed by atoms with van der Waals surface area (Å²) < 4.78 is 5.26. The van der Waals surface area contributed by atoms with Gasteiger partial charge in [-0.3, -0.25) is 0 Å². The molecule has 2 N–H and O–H groups in total. The second-order valence-corrected chi connectivity index (χ2v) is 5.08. The molecule has 96 valence electrons. The van der Waals surface area contributed by atoms with Crippen molar-refractivity contribution >= 4 is 11.6 Å². The van der Waals surface area contributed by atoms with E-state index >= 15 is 0 Å². The Balaban J connectivity index is 2.82. The molecule has 0 amide bonds. The number of hydrogen-bond donors (Lipinski definition) is 2. The van der Waals surface area contributed by atoms with Gasteiger partial charge in [0.2, 0.25) is 0 Å². The predicted octanol–water partition coefficient (Wildman–Crippen LogP) is 2.60. The van der Waals surface area contributed by atoms with Crippen molar-refractivity contribution in [3.63, 3.8) is 0 Å². The average Bonchev–Trinajstić information content (AvgIpc) is 2.26. The van der Waals surface area contributed by atoms with Crippen LogP contribution in [0.5, 0.6) is 5.75 Å². The average molecular weight is 258 g/mol. The summed E-state index contributed by atoms with van der Waals surface area (Å²) in [6.45, 7) is 6.21. The molecule has 1 rings (SSSR count).